The second-order valence-electron chi connectivity index (χ2n) is 7.51. The zero-order chi connectivity index (χ0) is 20.9. The van der Waals surface area contributed by atoms with Crippen molar-refractivity contribution < 1.29 is 19.8 Å². The molecule has 0 saturated carbocycles. The molecule has 1 aromatic rings. The van der Waals surface area contributed by atoms with Crippen molar-refractivity contribution in [3.63, 3.8) is 0 Å². The topological polar surface area (TPSA) is 81.1 Å². The van der Waals surface area contributed by atoms with E-state index in [2.05, 4.69) is 0 Å². The molecule has 0 aliphatic heterocycles. The van der Waals surface area contributed by atoms with Crippen molar-refractivity contribution >= 4 is 22.8 Å². The number of carbonyl (C=O) groups excluding carboxylic acids is 2. The van der Waals surface area contributed by atoms with Crippen LogP contribution >= 0.6 is 0 Å². The minimum absolute atomic E-state index is 0.0123. The molecular weight excluding hydrogens is 356 g/mol. The summed E-state index contributed by atoms with van der Waals surface area (Å²) in [5.74, 6) is -1.09. The summed E-state index contributed by atoms with van der Waals surface area (Å²) >= 11 is 0. The smallest absolute Gasteiger partial charge is 0.202 e. The van der Waals surface area contributed by atoms with E-state index >= 15 is 0 Å². The van der Waals surface area contributed by atoms with E-state index in [1.54, 1.807) is 30.9 Å². The molecule has 0 radical (unpaired) electrons. The average Bonchev–Trinajstić information content (AvgIpc) is 2.60. The van der Waals surface area contributed by atoms with E-state index in [-0.39, 0.29) is 34.0 Å². The van der Waals surface area contributed by atoms with Crippen LogP contribution in [0.5, 0.6) is 5.75 Å². The lowest BCUT2D eigenvalue weighted by Gasteiger charge is -2.28. The molecule has 0 fully saturated rings. The monoisotopic (exact) mass is 380 g/mol. The number of anilines is 1. The van der Waals surface area contributed by atoms with Crippen molar-refractivity contribution in [3.8, 4) is 5.75 Å². The average molecular weight is 380 g/mol. The number of allylic oxidation sites excluding steroid dienone is 6. The van der Waals surface area contributed by atoms with Crippen LogP contribution in [-0.4, -0.2) is 54.9 Å². The number of carbonyl (C=O) groups is 2. The molecule has 0 bridgehead atoms. The van der Waals surface area contributed by atoms with Crippen LogP contribution in [0, 0.1) is 6.92 Å². The first kappa shape index (κ1) is 19.5. The van der Waals surface area contributed by atoms with Gasteiger partial charge in [-0.05, 0) is 37.1 Å². The molecule has 0 spiro atoms. The van der Waals surface area contributed by atoms with Gasteiger partial charge in [0.15, 0.2) is 5.78 Å². The number of phenolic OH excluding ortho intramolecular Hbond substituents is 1. The number of nitrogens with zero attached hydrogens (tertiary/aromatic N) is 2. The summed E-state index contributed by atoms with van der Waals surface area (Å²) in [6.45, 7) is 3.51. The molecule has 146 valence electrons. The van der Waals surface area contributed by atoms with Gasteiger partial charge in [-0.15, -0.1) is 0 Å². The van der Waals surface area contributed by atoms with Gasteiger partial charge in [0.2, 0.25) is 5.78 Å². The van der Waals surface area contributed by atoms with Crippen LogP contribution in [0.3, 0.4) is 0 Å². The quantitative estimate of drug-likeness (QED) is 0.785. The van der Waals surface area contributed by atoms with Gasteiger partial charge in [-0.25, -0.2) is 0 Å². The summed E-state index contributed by atoms with van der Waals surface area (Å²) in [4.78, 5) is 29.1. The molecule has 6 heteroatoms. The number of benzene rings is 1. The fourth-order valence-corrected chi connectivity index (χ4v) is 3.51. The van der Waals surface area contributed by atoms with Gasteiger partial charge in [0, 0.05) is 62.9 Å². The Bertz CT molecular complexity index is 1010. The van der Waals surface area contributed by atoms with E-state index in [9.17, 15) is 19.8 Å². The number of hydrogen-bond acceptors (Lipinski definition) is 6. The molecule has 28 heavy (non-hydrogen) atoms. The van der Waals surface area contributed by atoms with Crippen molar-refractivity contribution in [1.29, 1.82) is 0 Å². The van der Waals surface area contributed by atoms with E-state index < -0.39 is 5.78 Å². The van der Waals surface area contributed by atoms with Gasteiger partial charge in [-0.1, -0.05) is 0 Å². The highest BCUT2D eigenvalue weighted by Gasteiger charge is 2.41. The lowest BCUT2D eigenvalue weighted by Crippen LogP contribution is -2.27. The van der Waals surface area contributed by atoms with Crippen LogP contribution in [0.1, 0.15) is 18.1 Å². The molecule has 0 atom stereocenters. The molecule has 0 unspecified atom stereocenters. The number of Topliss-reactive ketones (excluding diaryl/α,β-unsaturated/α-hetero) is 1. The normalized spacial score (nSPS) is 19.4. The SMILES string of the molecule is CC1=CC(N(C)C)=CC(=O)C1=C1C(=O)C(c2c(C)cc(N(C)C)cc2O)=C1O. The van der Waals surface area contributed by atoms with Gasteiger partial charge in [-0.2, -0.15) is 0 Å². The van der Waals surface area contributed by atoms with Crippen molar-refractivity contribution in [2.75, 3.05) is 33.1 Å². The molecule has 3 rings (SSSR count). The van der Waals surface area contributed by atoms with Gasteiger partial charge in [-0.3, -0.25) is 9.59 Å². The summed E-state index contributed by atoms with van der Waals surface area (Å²) in [6, 6.07) is 3.38. The Morgan fingerprint density at radius 1 is 0.821 bits per heavy atom. The third-order valence-electron chi connectivity index (χ3n) is 5.04. The fraction of sp³-hybridized carbons (Fsp3) is 0.273. The van der Waals surface area contributed by atoms with Crippen LogP contribution in [-0.2, 0) is 9.59 Å². The summed E-state index contributed by atoms with van der Waals surface area (Å²) in [6.07, 6.45) is 3.25. The number of ketones is 2. The molecule has 0 amide bonds. The number of likely N-dealkylation sites (N-methyl/N-ethyl adjacent to an activating group) is 1. The second kappa shape index (κ2) is 6.71. The van der Waals surface area contributed by atoms with Crippen LogP contribution in [0.25, 0.3) is 5.57 Å². The Balaban J connectivity index is 2.13. The molecule has 1 aromatic carbocycles. The lowest BCUT2D eigenvalue weighted by molar-refractivity contribution is -0.114. The van der Waals surface area contributed by atoms with E-state index in [4.69, 9.17) is 0 Å². The molecule has 2 N–H and O–H groups in total. The fourth-order valence-electron chi connectivity index (χ4n) is 3.51. The standard InChI is InChI=1S/C22H24N2O4/c1-11-7-13(23(3)4)9-15(25)17(11)19-21(27)20(22(19)28)18-12(2)8-14(24(5)6)10-16(18)26/h7-10,25,27H,1-6H3. The van der Waals surface area contributed by atoms with Gasteiger partial charge >= 0.3 is 0 Å². The second-order valence-corrected chi connectivity index (χ2v) is 7.51. The Hall–Kier alpha value is -3.28. The summed E-state index contributed by atoms with van der Waals surface area (Å²) < 4.78 is 0. The van der Waals surface area contributed by atoms with E-state index in [0.717, 1.165) is 11.4 Å². The zero-order valence-electron chi connectivity index (χ0n) is 16.9. The first-order valence-electron chi connectivity index (χ1n) is 8.90. The maximum absolute atomic E-state index is 12.9. The molecule has 2 aliphatic rings. The molecular formula is C22H24N2O4. The highest BCUT2D eigenvalue weighted by Crippen LogP contribution is 2.45. The highest BCUT2D eigenvalue weighted by molar-refractivity contribution is 6.41. The number of aliphatic hydroxyl groups excluding tert-OH is 1. The Kier molecular flexibility index (Phi) is 4.67. The predicted octanol–water partition coefficient (Wildman–Crippen LogP) is 2.89. The summed E-state index contributed by atoms with van der Waals surface area (Å²) in [5.41, 5.74) is 3.37. The van der Waals surface area contributed by atoms with Crippen molar-refractivity contribution in [1.82, 2.24) is 4.90 Å². The zero-order valence-corrected chi connectivity index (χ0v) is 16.9. The largest absolute Gasteiger partial charge is 0.507 e. The Morgan fingerprint density at radius 3 is 1.93 bits per heavy atom. The van der Waals surface area contributed by atoms with Crippen LogP contribution in [0.4, 0.5) is 5.69 Å². The lowest BCUT2D eigenvalue weighted by atomic mass is 9.76. The minimum atomic E-state index is -0.439. The number of aromatic hydroxyl groups is 1. The van der Waals surface area contributed by atoms with Crippen molar-refractivity contribution in [2.24, 2.45) is 0 Å². The van der Waals surface area contributed by atoms with Gasteiger partial charge in [0.05, 0.1) is 11.1 Å². The predicted molar refractivity (Wildman–Crippen MR) is 109 cm³/mol. The van der Waals surface area contributed by atoms with E-state index in [0.29, 0.717) is 16.7 Å². The Morgan fingerprint density at radius 2 is 1.46 bits per heavy atom. The van der Waals surface area contributed by atoms with Crippen molar-refractivity contribution in [2.45, 2.75) is 13.8 Å². The van der Waals surface area contributed by atoms with Crippen LogP contribution < -0.4 is 4.90 Å². The van der Waals surface area contributed by atoms with Gasteiger partial charge in [0.25, 0.3) is 0 Å². The first-order valence-corrected chi connectivity index (χ1v) is 8.90. The maximum atomic E-state index is 12.9. The first-order chi connectivity index (χ1) is 13.0. The number of rotatable bonds is 3. The molecule has 6 nitrogen and oxygen atoms in total. The van der Waals surface area contributed by atoms with Crippen LogP contribution in [0.15, 0.2) is 52.5 Å². The Labute approximate surface area is 164 Å². The summed E-state index contributed by atoms with van der Waals surface area (Å²) in [5, 5.41) is 21.1. The minimum Gasteiger partial charge on any atom is -0.507 e. The number of hydrogen-bond donors (Lipinski definition) is 2. The third kappa shape index (κ3) is 2.91. The van der Waals surface area contributed by atoms with Crippen molar-refractivity contribution in [3.05, 3.63) is 63.6 Å². The highest BCUT2D eigenvalue weighted by atomic mass is 16.3. The number of aryl methyl sites for hydroxylation is 1. The van der Waals surface area contributed by atoms with Gasteiger partial charge in [0.1, 0.15) is 11.5 Å². The van der Waals surface area contributed by atoms with Gasteiger partial charge < -0.3 is 20.0 Å². The maximum Gasteiger partial charge on any atom is 0.202 e. The third-order valence-corrected chi connectivity index (χ3v) is 5.04. The summed E-state index contributed by atoms with van der Waals surface area (Å²) in [7, 11) is 7.35. The molecule has 0 saturated heterocycles. The molecule has 2 aliphatic carbocycles. The van der Waals surface area contributed by atoms with Crippen LogP contribution in [0.2, 0.25) is 0 Å². The number of aliphatic hydroxyl groups is 1. The molecule has 0 heterocycles. The number of phenols is 1. The van der Waals surface area contributed by atoms with E-state index in [1.807, 2.05) is 39.2 Å². The van der Waals surface area contributed by atoms with E-state index in [1.165, 1.54) is 6.08 Å². The molecule has 0 aromatic heterocycles.